The van der Waals surface area contributed by atoms with Gasteiger partial charge in [0.1, 0.15) is 10.8 Å². The normalized spacial score (nSPS) is 14.6. The summed E-state index contributed by atoms with van der Waals surface area (Å²) in [7, 11) is 1.45. The monoisotopic (exact) mass is 553 g/mol. The summed E-state index contributed by atoms with van der Waals surface area (Å²) >= 11 is 7.28. The maximum Gasteiger partial charge on any atom is 0.417 e. The van der Waals surface area contributed by atoms with Gasteiger partial charge in [0, 0.05) is 36.9 Å². The fourth-order valence-corrected chi connectivity index (χ4v) is 5.34. The molecule has 1 fully saturated rings. The number of alkyl halides is 3. The van der Waals surface area contributed by atoms with Gasteiger partial charge in [-0.25, -0.2) is 4.39 Å². The number of thioether (sulfide) groups is 1. The van der Waals surface area contributed by atoms with Gasteiger partial charge in [-0.05, 0) is 60.9 Å². The summed E-state index contributed by atoms with van der Waals surface area (Å²) in [5, 5.41) is 2.50. The minimum Gasteiger partial charge on any atom is -0.353 e. The summed E-state index contributed by atoms with van der Waals surface area (Å²) in [5.74, 6) is -0.538. The Morgan fingerprint density at radius 3 is 2.35 bits per heavy atom. The van der Waals surface area contributed by atoms with E-state index in [0.717, 1.165) is 23.4 Å². The molecule has 37 heavy (non-hydrogen) atoms. The molecule has 0 bridgehead atoms. The van der Waals surface area contributed by atoms with Crippen molar-refractivity contribution in [1.29, 1.82) is 0 Å². The van der Waals surface area contributed by atoms with E-state index < -0.39 is 23.2 Å². The molecule has 5 nitrogen and oxygen atoms in total. The van der Waals surface area contributed by atoms with E-state index in [-0.39, 0.29) is 38.6 Å². The average molecular weight is 554 g/mol. The van der Waals surface area contributed by atoms with Crippen molar-refractivity contribution in [3.8, 4) is 0 Å². The highest BCUT2D eigenvalue weighted by Crippen LogP contribution is 2.39. The topological polar surface area (TPSA) is 54.3 Å². The average Bonchev–Trinajstić information content (AvgIpc) is 2.88. The van der Waals surface area contributed by atoms with E-state index in [9.17, 15) is 27.2 Å². The number of aromatic nitrogens is 1. The lowest BCUT2D eigenvalue weighted by Crippen LogP contribution is -2.39. The number of rotatable bonds is 5. The number of nitrogens with zero attached hydrogens (tertiary/aromatic N) is 2. The molecule has 0 aliphatic carbocycles. The Morgan fingerprint density at radius 2 is 1.76 bits per heavy atom. The minimum atomic E-state index is -4.58. The summed E-state index contributed by atoms with van der Waals surface area (Å²) in [6.45, 7) is 0.836. The van der Waals surface area contributed by atoms with Gasteiger partial charge in [-0.2, -0.15) is 13.2 Å². The number of hydrogen-bond donors (Lipinski definition) is 1. The number of carbonyl (C=O) groups is 1. The molecule has 2 heterocycles. The zero-order valence-corrected chi connectivity index (χ0v) is 21.6. The van der Waals surface area contributed by atoms with Gasteiger partial charge >= 0.3 is 6.18 Å². The molecule has 1 aliphatic heterocycles. The van der Waals surface area contributed by atoms with Crippen molar-refractivity contribution >= 4 is 40.6 Å². The van der Waals surface area contributed by atoms with Crippen LogP contribution in [0.15, 0.2) is 58.4 Å². The van der Waals surface area contributed by atoms with Crippen molar-refractivity contribution in [2.75, 3.05) is 24.7 Å². The molecule has 0 saturated carbocycles. The first-order chi connectivity index (χ1) is 17.5. The highest BCUT2D eigenvalue weighted by Gasteiger charge is 2.34. The second-order valence-corrected chi connectivity index (χ2v) is 10.0. The van der Waals surface area contributed by atoms with Crippen LogP contribution in [0.4, 0.5) is 28.9 Å². The van der Waals surface area contributed by atoms with Crippen LogP contribution in [0.5, 0.6) is 0 Å². The molecule has 0 unspecified atom stereocenters. The molecule has 3 aromatic rings. The molecule has 1 saturated heterocycles. The van der Waals surface area contributed by atoms with Crippen LogP contribution < -0.4 is 10.9 Å². The SMILES string of the molecule is CSc1ccc(Nc2c(C(=O)N3CCC(c4ccc(F)cc4)CC3)cn(C)c(=O)c2Cl)cc1C(F)(F)F. The van der Waals surface area contributed by atoms with Gasteiger partial charge in [-0.1, -0.05) is 23.7 Å². The number of aryl methyl sites for hydroxylation is 1. The van der Waals surface area contributed by atoms with E-state index in [1.165, 1.54) is 42.1 Å². The molecule has 0 atom stereocenters. The predicted molar refractivity (Wildman–Crippen MR) is 137 cm³/mol. The Balaban J connectivity index is 1.62. The highest BCUT2D eigenvalue weighted by molar-refractivity contribution is 7.98. The van der Waals surface area contributed by atoms with Gasteiger partial charge in [0.05, 0.1) is 16.8 Å². The molecule has 2 aromatic carbocycles. The van der Waals surface area contributed by atoms with Crippen molar-refractivity contribution in [3.05, 3.63) is 86.5 Å². The van der Waals surface area contributed by atoms with Crippen LogP contribution in [0.2, 0.25) is 5.02 Å². The number of benzene rings is 2. The van der Waals surface area contributed by atoms with Gasteiger partial charge in [-0.15, -0.1) is 11.8 Å². The second-order valence-electron chi connectivity index (χ2n) is 8.80. The molecular weight excluding hydrogens is 530 g/mol. The maximum absolute atomic E-state index is 13.6. The number of amides is 1. The van der Waals surface area contributed by atoms with E-state index in [2.05, 4.69) is 5.32 Å². The zero-order valence-electron chi connectivity index (χ0n) is 20.0. The summed E-state index contributed by atoms with van der Waals surface area (Å²) in [6.07, 6.45) is -0.382. The number of likely N-dealkylation sites (tertiary alicyclic amines) is 1. The molecule has 4 rings (SSSR count). The van der Waals surface area contributed by atoms with Crippen LogP contribution in [-0.2, 0) is 13.2 Å². The van der Waals surface area contributed by atoms with Crippen molar-refractivity contribution in [2.45, 2.75) is 29.8 Å². The number of anilines is 2. The van der Waals surface area contributed by atoms with E-state index in [0.29, 0.717) is 25.9 Å². The van der Waals surface area contributed by atoms with Crippen LogP contribution in [-0.4, -0.2) is 34.7 Å². The maximum atomic E-state index is 13.6. The van der Waals surface area contributed by atoms with Crippen molar-refractivity contribution < 1.29 is 22.4 Å². The predicted octanol–water partition coefficient (Wildman–Crippen LogP) is 6.68. The lowest BCUT2D eigenvalue weighted by molar-refractivity contribution is -0.139. The van der Waals surface area contributed by atoms with Crippen LogP contribution in [0.3, 0.4) is 0 Å². The standard InChI is InChI=1S/C26H24ClF4N3O2S/c1-33-14-19(24(35)34-11-9-16(10-12-34)15-3-5-17(28)6-4-15)23(22(27)25(33)36)32-18-7-8-21(37-2)20(13-18)26(29,30)31/h3-8,13-14,16,32H,9-12H2,1-2H3. The number of hydrogen-bond acceptors (Lipinski definition) is 4. The Hall–Kier alpha value is -2.98. The fraction of sp³-hybridized carbons (Fsp3) is 0.308. The first kappa shape index (κ1) is 27.1. The molecule has 1 aromatic heterocycles. The van der Waals surface area contributed by atoms with E-state index in [4.69, 9.17) is 11.6 Å². The quantitative estimate of drug-likeness (QED) is 0.283. The number of nitrogens with one attached hydrogen (secondary N) is 1. The van der Waals surface area contributed by atoms with Gasteiger partial charge in [0.2, 0.25) is 0 Å². The largest absolute Gasteiger partial charge is 0.417 e. The van der Waals surface area contributed by atoms with Crippen LogP contribution in [0.1, 0.15) is 40.2 Å². The Labute approximate surface area is 220 Å². The zero-order chi connectivity index (χ0) is 26.9. The van der Waals surface area contributed by atoms with E-state index in [1.807, 2.05) is 0 Å². The smallest absolute Gasteiger partial charge is 0.353 e. The lowest BCUT2D eigenvalue weighted by Gasteiger charge is -2.33. The summed E-state index contributed by atoms with van der Waals surface area (Å²) in [6, 6.07) is 10.00. The number of piperidine rings is 1. The highest BCUT2D eigenvalue weighted by atomic mass is 35.5. The molecular formula is C26H24ClF4N3O2S. The van der Waals surface area contributed by atoms with Crippen molar-refractivity contribution in [2.24, 2.45) is 7.05 Å². The molecule has 0 spiro atoms. The van der Waals surface area contributed by atoms with E-state index in [1.54, 1.807) is 23.3 Å². The summed E-state index contributed by atoms with van der Waals surface area (Å²) in [5.41, 5.74) is -0.344. The summed E-state index contributed by atoms with van der Waals surface area (Å²) in [4.78, 5) is 27.7. The third kappa shape index (κ3) is 5.80. The van der Waals surface area contributed by atoms with Gasteiger partial charge in [0.25, 0.3) is 11.5 Å². The van der Waals surface area contributed by atoms with Gasteiger partial charge in [-0.3, -0.25) is 9.59 Å². The molecule has 1 amide bonds. The van der Waals surface area contributed by atoms with Gasteiger partial charge in [0.15, 0.2) is 0 Å². The first-order valence-corrected chi connectivity index (χ1v) is 13.1. The minimum absolute atomic E-state index is 0.0412. The summed E-state index contributed by atoms with van der Waals surface area (Å²) < 4.78 is 55.2. The van der Waals surface area contributed by atoms with Crippen LogP contribution >= 0.6 is 23.4 Å². The second kappa shape index (κ2) is 10.8. The number of pyridine rings is 1. The third-order valence-electron chi connectivity index (χ3n) is 6.45. The molecule has 11 heteroatoms. The third-order valence-corrected chi connectivity index (χ3v) is 7.59. The van der Waals surface area contributed by atoms with Crippen LogP contribution in [0.25, 0.3) is 0 Å². The molecule has 1 aliphatic rings. The molecule has 1 N–H and O–H groups in total. The Kier molecular flexibility index (Phi) is 7.89. The Bertz CT molecular complexity index is 1370. The van der Waals surface area contributed by atoms with Crippen LogP contribution in [0, 0.1) is 5.82 Å². The van der Waals surface area contributed by atoms with Crippen molar-refractivity contribution in [3.63, 3.8) is 0 Å². The first-order valence-electron chi connectivity index (χ1n) is 11.5. The number of carbonyl (C=O) groups excluding carboxylic acids is 1. The van der Waals surface area contributed by atoms with Crippen molar-refractivity contribution in [1.82, 2.24) is 9.47 Å². The lowest BCUT2D eigenvalue weighted by atomic mass is 9.89. The Morgan fingerprint density at radius 1 is 1.11 bits per heavy atom. The number of halogens is 5. The molecule has 196 valence electrons. The van der Waals surface area contributed by atoms with Gasteiger partial charge < -0.3 is 14.8 Å². The fourth-order valence-electron chi connectivity index (χ4n) is 4.45. The van der Waals surface area contributed by atoms with E-state index >= 15 is 0 Å². The molecule has 0 radical (unpaired) electrons.